The number of rotatable bonds is 4. The van der Waals surface area contributed by atoms with Gasteiger partial charge in [-0.25, -0.2) is 0 Å². The third-order valence-electron chi connectivity index (χ3n) is 5.63. The molecule has 0 radical (unpaired) electrons. The number of carbonyl (C=O) groups is 1. The first-order valence-corrected chi connectivity index (χ1v) is 9.43. The quantitative estimate of drug-likeness (QED) is 0.794. The van der Waals surface area contributed by atoms with Crippen LogP contribution in [0.5, 0.6) is 0 Å². The van der Waals surface area contributed by atoms with E-state index >= 15 is 0 Å². The smallest absolute Gasteiger partial charge is 0.313 e. The average molecular weight is 388 g/mol. The number of carbonyl (C=O) groups excluding carboxylic acids is 1. The van der Waals surface area contributed by atoms with Crippen LogP contribution in [0.25, 0.3) is 0 Å². The molecule has 0 unspecified atom stereocenters. The molecule has 146 valence electrons. The number of ketones is 1. The van der Waals surface area contributed by atoms with Crippen molar-refractivity contribution >= 4 is 5.78 Å². The Balaban J connectivity index is 1.58. The Morgan fingerprint density at radius 2 is 2.00 bits per heavy atom. The van der Waals surface area contributed by atoms with Gasteiger partial charge in [0.25, 0.3) is 0 Å². The number of fused-ring (bicyclic) bond motifs is 1. The number of nitrogens with zero attached hydrogens (tertiary/aromatic N) is 4. The Morgan fingerprint density at radius 3 is 2.75 bits per heavy atom. The van der Waals surface area contributed by atoms with E-state index in [4.69, 9.17) is 0 Å². The van der Waals surface area contributed by atoms with Crippen molar-refractivity contribution in [1.82, 2.24) is 14.8 Å². The van der Waals surface area contributed by atoms with Gasteiger partial charge in [0.15, 0.2) is 17.5 Å². The molecule has 4 rings (SSSR count). The summed E-state index contributed by atoms with van der Waals surface area (Å²) in [6.45, 7) is 0.661. The van der Waals surface area contributed by atoms with Gasteiger partial charge in [-0.05, 0) is 36.8 Å². The number of hydrogen-bond donors (Lipinski definition) is 0. The zero-order chi connectivity index (χ0) is 19.9. The molecule has 0 saturated heterocycles. The molecule has 1 fully saturated rings. The molecule has 28 heavy (non-hydrogen) atoms. The van der Waals surface area contributed by atoms with Gasteiger partial charge in [-0.3, -0.25) is 4.79 Å². The third kappa shape index (κ3) is 3.30. The van der Waals surface area contributed by atoms with Crippen LogP contribution in [0.4, 0.5) is 13.2 Å². The molecular weight excluding hydrogens is 369 g/mol. The summed E-state index contributed by atoms with van der Waals surface area (Å²) in [5.41, 5.74) is -0.578. The van der Waals surface area contributed by atoms with Gasteiger partial charge in [0.1, 0.15) is 5.82 Å². The lowest BCUT2D eigenvalue weighted by Crippen LogP contribution is -2.19. The summed E-state index contributed by atoms with van der Waals surface area (Å²) in [6, 6.07) is 7.37. The van der Waals surface area contributed by atoms with Crippen LogP contribution in [0.1, 0.15) is 60.3 Å². The monoisotopic (exact) mass is 388 g/mol. The summed E-state index contributed by atoms with van der Waals surface area (Å²) in [7, 11) is 0. The standard InChI is InChI=1S/C20H19F3N4O/c21-20(22,23)16-7-4-3-6-12(16)13-10-14(13)18(28)15(11-24)19-26-25-17-8-2-1-5-9-27(17)19/h3-4,6-7,13-15H,1-2,5,8-10H2/t13-,14-,15-/m1/s1. The summed E-state index contributed by atoms with van der Waals surface area (Å²) in [5.74, 6) is -1.44. The SMILES string of the molecule is N#C[C@H](C(=O)[C@@H]1C[C@@H]1c1ccccc1C(F)(F)F)c1nnc2n1CCCCC2. The van der Waals surface area contributed by atoms with Gasteiger partial charge in [0, 0.05) is 18.9 Å². The molecule has 1 aromatic carbocycles. The van der Waals surface area contributed by atoms with E-state index in [0.717, 1.165) is 37.6 Å². The molecule has 3 atom stereocenters. The van der Waals surface area contributed by atoms with Crippen LogP contribution in [-0.4, -0.2) is 20.5 Å². The number of aryl methyl sites for hydroxylation is 1. The van der Waals surface area contributed by atoms with E-state index in [1.165, 1.54) is 12.1 Å². The number of nitriles is 1. The summed E-state index contributed by atoms with van der Waals surface area (Å²) >= 11 is 0. The van der Waals surface area contributed by atoms with Crippen molar-refractivity contribution in [2.45, 2.75) is 56.7 Å². The third-order valence-corrected chi connectivity index (χ3v) is 5.63. The minimum Gasteiger partial charge on any atom is -0.313 e. The van der Waals surface area contributed by atoms with Crippen molar-refractivity contribution < 1.29 is 18.0 Å². The second kappa shape index (κ2) is 7.04. The second-order valence-electron chi connectivity index (χ2n) is 7.43. The fourth-order valence-electron chi connectivity index (χ4n) is 4.12. The largest absolute Gasteiger partial charge is 0.416 e. The summed E-state index contributed by atoms with van der Waals surface area (Å²) in [6.07, 6.45) is -0.425. The molecule has 0 N–H and O–H groups in total. The number of benzene rings is 1. The van der Waals surface area contributed by atoms with Crippen molar-refractivity contribution in [2.75, 3.05) is 0 Å². The first kappa shape index (κ1) is 18.7. The lowest BCUT2D eigenvalue weighted by atomic mass is 9.96. The molecule has 5 nitrogen and oxygen atoms in total. The van der Waals surface area contributed by atoms with Crippen LogP contribution in [0, 0.1) is 17.2 Å². The molecule has 2 aliphatic rings. The van der Waals surface area contributed by atoms with Gasteiger partial charge in [-0.15, -0.1) is 10.2 Å². The predicted octanol–water partition coefficient (Wildman–Crippen LogP) is 4.00. The highest BCUT2D eigenvalue weighted by molar-refractivity contribution is 5.92. The lowest BCUT2D eigenvalue weighted by molar-refractivity contribution is -0.138. The molecule has 0 amide bonds. The molecule has 1 aliphatic heterocycles. The van der Waals surface area contributed by atoms with Gasteiger partial charge in [-0.2, -0.15) is 18.4 Å². The number of hydrogen-bond acceptors (Lipinski definition) is 4. The zero-order valence-corrected chi connectivity index (χ0v) is 15.1. The highest BCUT2D eigenvalue weighted by Gasteiger charge is 2.50. The molecule has 8 heteroatoms. The first-order valence-electron chi connectivity index (χ1n) is 9.43. The van der Waals surface area contributed by atoms with Crippen LogP contribution in [0.15, 0.2) is 24.3 Å². The number of Topliss-reactive ketones (excluding diaryl/α,β-unsaturated/α-hetero) is 1. The van der Waals surface area contributed by atoms with Gasteiger partial charge in [0.2, 0.25) is 0 Å². The van der Waals surface area contributed by atoms with Crippen LogP contribution < -0.4 is 0 Å². The lowest BCUT2D eigenvalue weighted by Gasteiger charge is -2.13. The van der Waals surface area contributed by atoms with E-state index < -0.39 is 29.5 Å². The van der Waals surface area contributed by atoms with Crippen LogP contribution in [-0.2, 0) is 23.9 Å². The van der Waals surface area contributed by atoms with E-state index in [0.29, 0.717) is 18.8 Å². The van der Waals surface area contributed by atoms with Crippen molar-refractivity contribution in [3.05, 3.63) is 47.0 Å². The van der Waals surface area contributed by atoms with Crippen molar-refractivity contribution in [1.29, 1.82) is 5.26 Å². The molecule has 1 aliphatic carbocycles. The Kier molecular flexibility index (Phi) is 4.69. The maximum Gasteiger partial charge on any atom is 0.416 e. The van der Waals surface area contributed by atoms with Crippen molar-refractivity contribution in [2.24, 2.45) is 5.92 Å². The molecular formula is C20H19F3N4O. The molecule has 2 aromatic rings. The van der Waals surface area contributed by atoms with E-state index in [9.17, 15) is 23.2 Å². The highest BCUT2D eigenvalue weighted by atomic mass is 19.4. The molecule has 1 saturated carbocycles. The van der Waals surface area contributed by atoms with Crippen molar-refractivity contribution in [3.63, 3.8) is 0 Å². The number of aromatic nitrogens is 3. The van der Waals surface area contributed by atoms with Crippen LogP contribution in [0.3, 0.4) is 0 Å². The van der Waals surface area contributed by atoms with Gasteiger partial charge >= 0.3 is 6.18 Å². The number of halogens is 3. The molecule has 0 spiro atoms. The predicted molar refractivity (Wildman–Crippen MR) is 93.2 cm³/mol. The summed E-state index contributed by atoms with van der Waals surface area (Å²) in [4.78, 5) is 13.0. The minimum atomic E-state index is -4.47. The normalized spacial score (nSPS) is 22.6. The Labute approximate surface area is 160 Å². The van der Waals surface area contributed by atoms with Crippen molar-refractivity contribution in [3.8, 4) is 6.07 Å². The maximum absolute atomic E-state index is 13.3. The first-order chi connectivity index (χ1) is 13.4. The summed E-state index contributed by atoms with van der Waals surface area (Å²) < 4.78 is 41.7. The molecule has 2 heterocycles. The van der Waals surface area contributed by atoms with Gasteiger partial charge in [0.05, 0.1) is 11.6 Å². The highest BCUT2D eigenvalue weighted by Crippen LogP contribution is 2.52. The van der Waals surface area contributed by atoms with Gasteiger partial charge < -0.3 is 4.57 Å². The molecule has 1 aromatic heterocycles. The Hall–Kier alpha value is -2.69. The second-order valence-corrected chi connectivity index (χ2v) is 7.43. The van der Waals surface area contributed by atoms with E-state index in [-0.39, 0.29) is 11.3 Å². The molecule has 0 bridgehead atoms. The van der Waals surface area contributed by atoms with E-state index in [2.05, 4.69) is 10.2 Å². The minimum absolute atomic E-state index is 0.130. The fourth-order valence-corrected chi connectivity index (χ4v) is 4.12. The average Bonchev–Trinajstić information content (AvgIpc) is 3.43. The van der Waals surface area contributed by atoms with E-state index in [1.54, 1.807) is 6.07 Å². The fraction of sp³-hybridized carbons (Fsp3) is 0.500. The summed E-state index contributed by atoms with van der Waals surface area (Å²) in [5, 5.41) is 17.8. The zero-order valence-electron chi connectivity index (χ0n) is 15.1. The topological polar surface area (TPSA) is 71.6 Å². The Bertz CT molecular complexity index is 944. The van der Waals surface area contributed by atoms with E-state index in [1.807, 2.05) is 10.6 Å². The Morgan fingerprint density at radius 1 is 1.21 bits per heavy atom. The van der Waals surface area contributed by atoms with Crippen LogP contribution >= 0.6 is 0 Å². The number of alkyl halides is 3. The maximum atomic E-state index is 13.3. The van der Waals surface area contributed by atoms with Crippen LogP contribution in [0.2, 0.25) is 0 Å². The van der Waals surface area contributed by atoms with Gasteiger partial charge in [-0.1, -0.05) is 24.6 Å².